The SMILES string of the molecule is C.N.N.N.N. The molecule has 12 N–H and O–H groups in total. The predicted octanol–water partition coefficient (Wildman–Crippen LogP) is 1.28. The van der Waals surface area contributed by atoms with E-state index in [9.17, 15) is 0 Å². The summed E-state index contributed by atoms with van der Waals surface area (Å²) in [4.78, 5) is 0. The van der Waals surface area contributed by atoms with Crippen LogP contribution in [-0.4, -0.2) is 0 Å². The van der Waals surface area contributed by atoms with E-state index in [4.69, 9.17) is 0 Å². The second-order valence-corrected chi connectivity index (χ2v) is 0. The van der Waals surface area contributed by atoms with Crippen molar-refractivity contribution in [1.82, 2.24) is 24.6 Å². The van der Waals surface area contributed by atoms with Crippen LogP contribution in [0.5, 0.6) is 0 Å². The summed E-state index contributed by atoms with van der Waals surface area (Å²) >= 11 is 0. The first-order valence-electron chi connectivity index (χ1n) is 0. The van der Waals surface area contributed by atoms with Gasteiger partial charge in [0.2, 0.25) is 0 Å². The summed E-state index contributed by atoms with van der Waals surface area (Å²) in [6.07, 6.45) is 0. The monoisotopic (exact) mass is 84.1 g/mol. The summed E-state index contributed by atoms with van der Waals surface area (Å²) in [7, 11) is 0. The van der Waals surface area contributed by atoms with Gasteiger partial charge < -0.3 is 24.6 Å². The van der Waals surface area contributed by atoms with Gasteiger partial charge in [0.1, 0.15) is 0 Å². The third kappa shape index (κ3) is 508. The van der Waals surface area contributed by atoms with Crippen molar-refractivity contribution < 1.29 is 0 Å². The molecule has 0 amide bonds. The van der Waals surface area contributed by atoms with Crippen molar-refractivity contribution in [2.45, 2.75) is 7.43 Å². The van der Waals surface area contributed by atoms with Gasteiger partial charge in [0.05, 0.1) is 0 Å². The van der Waals surface area contributed by atoms with E-state index in [0.29, 0.717) is 0 Å². The third-order valence-electron chi connectivity index (χ3n) is 0. The van der Waals surface area contributed by atoms with Crippen LogP contribution in [0.4, 0.5) is 0 Å². The minimum absolute atomic E-state index is 0. The van der Waals surface area contributed by atoms with Crippen LogP contribution in [0, 0.1) is 0 Å². The van der Waals surface area contributed by atoms with Crippen LogP contribution < -0.4 is 24.6 Å². The van der Waals surface area contributed by atoms with E-state index in [1.165, 1.54) is 0 Å². The van der Waals surface area contributed by atoms with Crippen molar-refractivity contribution in [3.8, 4) is 0 Å². The Morgan fingerprint density at radius 1 is 0.400 bits per heavy atom. The second kappa shape index (κ2) is 1210. The molecule has 0 fully saturated rings. The zero-order valence-corrected chi connectivity index (χ0v) is 2.83. The topological polar surface area (TPSA) is 140 Å². The molecule has 5 heavy (non-hydrogen) atoms. The highest BCUT2D eigenvalue weighted by atomic mass is 14.0. The molecule has 0 atom stereocenters. The molecule has 4 heteroatoms. The Balaban J connectivity index is 0. The lowest BCUT2D eigenvalue weighted by molar-refractivity contribution is 2.13. The summed E-state index contributed by atoms with van der Waals surface area (Å²) < 4.78 is 0. The Bertz CT molecular complexity index is 3.61. The van der Waals surface area contributed by atoms with E-state index < -0.39 is 0 Å². The summed E-state index contributed by atoms with van der Waals surface area (Å²) in [6, 6.07) is 0. The molecule has 0 aromatic rings. The maximum atomic E-state index is 0. The van der Waals surface area contributed by atoms with E-state index in [0.717, 1.165) is 0 Å². The van der Waals surface area contributed by atoms with Crippen LogP contribution in [0.15, 0.2) is 0 Å². The molecule has 0 saturated carbocycles. The molecular weight excluding hydrogens is 68.0 g/mol. The first-order chi connectivity index (χ1) is 0. The Hall–Kier alpha value is -0.160. The fraction of sp³-hybridized carbons (Fsp3) is 1.00. The molecule has 0 rings (SSSR count). The standard InChI is InChI=1S/CH4.4H3N/h1H4;4*1H3. The smallest absolute Gasteiger partial charge is 0.0776 e. The molecule has 0 saturated heterocycles. The quantitative estimate of drug-likeness (QED) is 0.351. The van der Waals surface area contributed by atoms with E-state index in [1.54, 1.807) is 0 Å². The van der Waals surface area contributed by atoms with Gasteiger partial charge in [-0.25, -0.2) is 0 Å². The minimum atomic E-state index is 0. The molecule has 0 aliphatic carbocycles. The molecule has 0 radical (unpaired) electrons. The number of rotatable bonds is 0. The molecule has 0 spiro atoms. The second-order valence-electron chi connectivity index (χ2n) is 0. The summed E-state index contributed by atoms with van der Waals surface area (Å²) in [5.41, 5.74) is 0. The van der Waals surface area contributed by atoms with E-state index in [2.05, 4.69) is 0 Å². The molecule has 4 nitrogen and oxygen atoms in total. The fourth-order valence-corrected chi connectivity index (χ4v) is 0. The van der Waals surface area contributed by atoms with Gasteiger partial charge in [-0.1, -0.05) is 7.43 Å². The van der Waals surface area contributed by atoms with Crippen LogP contribution in [0.25, 0.3) is 0 Å². The maximum absolute atomic E-state index is 0. The van der Waals surface area contributed by atoms with Crippen LogP contribution in [0.2, 0.25) is 0 Å². The van der Waals surface area contributed by atoms with Crippen LogP contribution >= 0.6 is 0 Å². The van der Waals surface area contributed by atoms with Crippen LogP contribution in [0.3, 0.4) is 0 Å². The lowest BCUT2D eigenvalue weighted by atomic mass is 12.0. The molecule has 0 unspecified atom stereocenters. The van der Waals surface area contributed by atoms with Crippen molar-refractivity contribution in [1.29, 1.82) is 0 Å². The molecule has 0 aromatic heterocycles. The molecule has 0 aromatic carbocycles. The van der Waals surface area contributed by atoms with Gasteiger partial charge in [-0.15, -0.1) is 0 Å². The average molecular weight is 84.2 g/mol. The van der Waals surface area contributed by atoms with Crippen LogP contribution in [0.1, 0.15) is 7.43 Å². The lowest BCUT2D eigenvalue weighted by Crippen LogP contribution is -0.482. The van der Waals surface area contributed by atoms with Crippen molar-refractivity contribution >= 4 is 0 Å². The Kier molecular flexibility index (Phi) is 675000. The van der Waals surface area contributed by atoms with Crippen molar-refractivity contribution in [3.63, 3.8) is 0 Å². The molecular formula is CH16N4. The normalized spacial score (nSPS) is 0. The Morgan fingerprint density at radius 3 is 0.400 bits per heavy atom. The van der Waals surface area contributed by atoms with Crippen molar-refractivity contribution in [3.05, 3.63) is 0 Å². The molecule has 0 aliphatic heterocycles. The van der Waals surface area contributed by atoms with Crippen molar-refractivity contribution in [2.24, 2.45) is 0 Å². The Labute approximate surface area is 33.3 Å². The highest BCUT2D eigenvalue weighted by Crippen LogP contribution is 0.144. The van der Waals surface area contributed by atoms with Gasteiger partial charge in [-0.05, 0) is 0 Å². The fourth-order valence-electron chi connectivity index (χ4n) is 0. The highest BCUT2D eigenvalue weighted by molar-refractivity contribution is 2.50. The molecule has 0 aliphatic rings. The van der Waals surface area contributed by atoms with Gasteiger partial charge in [-0.3, -0.25) is 0 Å². The average Bonchev–Trinajstić information content (AvgIpc) is 0. The van der Waals surface area contributed by atoms with Gasteiger partial charge >= 0.3 is 0 Å². The first-order valence-corrected chi connectivity index (χ1v) is 0. The largest absolute Gasteiger partial charge is 0.344 e. The predicted molar refractivity (Wildman–Crippen MR) is 26.8 cm³/mol. The number of hydrogen-bond donors (Lipinski definition) is 4. The van der Waals surface area contributed by atoms with Gasteiger partial charge in [0, 0.05) is 0 Å². The van der Waals surface area contributed by atoms with Crippen LogP contribution in [-0.2, 0) is 0 Å². The zero-order valence-electron chi connectivity index (χ0n) is 2.83. The lowest BCUT2D eigenvalue weighted by Gasteiger charge is -0.345. The van der Waals surface area contributed by atoms with Crippen molar-refractivity contribution in [2.75, 3.05) is 0 Å². The van der Waals surface area contributed by atoms with Gasteiger partial charge in [-0.2, -0.15) is 0 Å². The maximum Gasteiger partial charge on any atom is -0.0776 e. The van der Waals surface area contributed by atoms with Gasteiger partial charge in [0.25, 0.3) is 0 Å². The van der Waals surface area contributed by atoms with Gasteiger partial charge in [0.15, 0.2) is 0 Å². The zero-order chi connectivity index (χ0) is 0. The van der Waals surface area contributed by atoms with E-state index in [1.807, 2.05) is 0 Å². The summed E-state index contributed by atoms with van der Waals surface area (Å²) in [5.74, 6) is 0. The minimum Gasteiger partial charge on any atom is -0.344 e. The summed E-state index contributed by atoms with van der Waals surface area (Å²) in [5, 5.41) is 0. The van der Waals surface area contributed by atoms with E-state index in [-0.39, 0.29) is 32.0 Å². The van der Waals surface area contributed by atoms with E-state index >= 15 is 0 Å². The third-order valence-corrected chi connectivity index (χ3v) is 0. The first kappa shape index (κ1) is 2790. The Morgan fingerprint density at radius 2 is 0.400 bits per heavy atom. The molecule has 0 bridgehead atoms. The molecule has 40 valence electrons. The highest BCUT2D eigenvalue weighted by Gasteiger charge is -0.0775. The number of hydrogen-bond acceptors (Lipinski definition) is 4. The molecule has 0 heterocycles. The summed E-state index contributed by atoms with van der Waals surface area (Å²) in [6.45, 7) is 0.